The van der Waals surface area contributed by atoms with Gasteiger partial charge in [0.2, 0.25) is 5.91 Å². The van der Waals surface area contributed by atoms with E-state index in [1.807, 2.05) is 19.9 Å². The summed E-state index contributed by atoms with van der Waals surface area (Å²) in [5.41, 5.74) is 2.75. The molecule has 0 aliphatic heterocycles. The quantitative estimate of drug-likeness (QED) is 0.564. The summed E-state index contributed by atoms with van der Waals surface area (Å²) in [6.45, 7) is 3.75. The molecular formula is C20H17NO4. The Labute approximate surface area is 144 Å². The van der Waals surface area contributed by atoms with Gasteiger partial charge in [-0.1, -0.05) is 17.7 Å². The number of rotatable bonds is 3. The van der Waals surface area contributed by atoms with Crippen LogP contribution in [0.15, 0.2) is 57.9 Å². The lowest BCUT2D eigenvalue weighted by Crippen LogP contribution is -2.09. The SMILES string of the molecule is Cc1ccc(O)c(NC(=O)/C=C/c2coc3ccc(C)cc3c2=O)c1. The molecule has 25 heavy (non-hydrogen) atoms. The molecule has 5 nitrogen and oxygen atoms in total. The summed E-state index contributed by atoms with van der Waals surface area (Å²) in [5, 5.41) is 12.8. The first kappa shape index (κ1) is 16.5. The number of aryl methyl sites for hydroxylation is 2. The van der Waals surface area contributed by atoms with E-state index in [2.05, 4.69) is 5.32 Å². The van der Waals surface area contributed by atoms with Crippen LogP contribution in [0.2, 0.25) is 0 Å². The zero-order chi connectivity index (χ0) is 18.0. The third kappa shape index (κ3) is 3.61. The number of phenols is 1. The van der Waals surface area contributed by atoms with Gasteiger partial charge in [0.15, 0.2) is 5.43 Å². The predicted molar refractivity (Wildman–Crippen MR) is 97.7 cm³/mol. The highest BCUT2D eigenvalue weighted by Crippen LogP contribution is 2.23. The maximum absolute atomic E-state index is 12.5. The van der Waals surface area contributed by atoms with Crippen molar-refractivity contribution in [1.82, 2.24) is 0 Å². The van der Waals surface area contributed by atoms with Crippen molar-refractivity contribution in [2.75, 3.05) is 5.32 Å². The van der Waals surface area contributed by atoms with Gasteiger partial charge in [0.05, 0.1) is 16.6 Å². The van der Waals surface area contributed by atoms with Crippen LogP contribution in [0, 0.1) is 13.8 Å². The second-order valence-electron chi connectivity index (χ2n) is 5.86. The average Bonchev–Trinajstić information content (AvgIpc) is 2.58. The van der Waals surface area contributed by atoms with Gasteiger partial charge in [0.25, 0.3) is 0 Å². The molecule has 0 atom stereocenters. The van der Waals surface area contributed by atoms with Crippen molar-refractivity contribution >= 4 is 28.6 Å². The molecule has 0 spiro atoms. The molecule has 0 aliphatic carbocycles. The van der Waals surface area contributed by atoms with Gasteiger partial charge >= 0.3 is 0 Å². The molecular weight excluding hydrogens is 318 g/mol. The fraction of sp³-hybridized carbons (Fsp3) is 0.100. The number of fused-ring (bicyclic) bond motifs is 1. The van der Waals surface area contributed by atoms with Crippen LogP contribution in [0.3, 0.4) is 0 Å². The predicted octanol–water partition coefficient (Wildman–Crippen LogP) is 3.77. The van der Waals surface area contributed by atoms with Gasteiger partial charge in [0.1, 0.15) is 17.6 Å². The van der Waals surface area contributed by atoms with Gasteiger partial charge in [-0.3, -0.25) is 9.59 Å². The third-order valence-electron chi connectivity index (χ3n) is 3.78. The van der Waals surface area contributed by atoms with Crippen LogP contribution in [0.4, 0.5) is 5.69 Å². The Morgan fingerprint density at radius 1 is 1.12 bits per heavy atom. The van der Waals surface area contributed by atoms with E-state index in [9.17, 15) is 14.7 Å². The summed E-state index contributed by atoms with van der Waals surface area (Å²) >= 11 is 0. The van der Waals surface area contributed by atoms with Crippen molar-refractivity contribution in [2.24, 2.45) is 0 Å². The smallest absolute Gasteiger partial charge is 0.248 e. The minimum absolute atomic E-state index is 0.0203. The fourth-order valence-corrected chi connectivity index (χ4v) is 2.46. The number of amides is 1. The first-order valence-corrected chi connectivity index (χ1v) is 7.75. The van der Waals surface area contributed by atoms with Gasteiger partial charge in [-0.2, -0.15) is 0 Å². The lowest BCUT2D eigenvalue weighted by Gasteiger charge is -2.06. The Morgan fingerprint density at radius 2 is 1.84 bits per heavy atom. The molecule has 1 amide bonds. The number of hydrogen-bond donors (Lipinski definition) is 2. The number of benzene rings is 2. The summed E-state index contributed by atoms with van der Waals surface area (Å²) in [6, 6.07) is 10.3. The number of carbonyl (C=O) groups is 1. The minimum Gasteiger partial charge on any atom is -0.506 e. The van der Waals surface area contributed by atoms with Crippen LogP contribution in [-0.4, -0.2) is 11.0 Å². The number of hydrogen-bond acceptors (Lipinski definition) is 4. The first-order valence-electron chi connectivity index (χ1n) is 7.75. The molecule has 0 saturated heterocycles. The largest absolute Gasteiger partial charge is 0.506 e. The Kier molecular flexibility index (Phi) is 4.39. The molecule has 5 heteroatoms. The van der Waals surface area contributed by atoms with Gasteiger partial charge < -0.3 is 14.8 Å². The van der Waals surface area contributed by atoms with E-state index in [0.29, 0.717) is 16.7 Å². The summed E-state index contributed by atoms with van der Waals surface area (Å²) in [6.07, 6.45) is 3.96. The lowest BCUT2D eigenvalue weighted by atomic mass is 10.1. The monoisotopic (exact) mass is 335 g/mol. The average molecular weight is 335 g/mol. The van der Waals surface area contributed by atoms with Gasteiger partial charge in [-0.25, -0.2) is 0 Å². The van der Waals surface area contributed by atoms with Gasteiger partial charge in [0, 0.05) is 6.08 Å². The fourth-order valence-electron chi connectivity index (χ4n) is 2.46. The molecule has 0 unspecified atom stereocenters. The van der Waals surface area contributed by atoms with Crippen LogP contribution in [0.5, 0.6) is 5.75 Å². The normalized spacial score (nSPS) is 11.1. The molecule has 1 heterocycles. The first-order chi connectivity index (χ1) is 11.9. The zero-order valence-electron chi connectivity index (χ0n) is 13.9. The summed E-state index contributed by atoms with van der Waals surface area (Å²) < 4.78 is 5.44. The van der Waals surface area contributed by atoms with Crippen LogP contribution in [0.25, 0.3) is 17.0 Å². The molecule has 0 bridgehead atoms. The highest BCUT2D eigenvalue weighted by molar-refractivity contribution is 6.02. The van der Waals surface area contributed by atoms with E-state index >= 15 is 0 Å². The highest BCUT2D eigenvalue weighted by Gasteiger charge is 2.07. The van der Waals surface area contributed by atoms with Gasteiger partial charge in [-0.15, -0.1) is 0 Å². The topological polar surface area (TPSA) is 79.5 Å². The van der Waals surface area contributed by atoms with Gasteiger partial charge in [-0.05, 0) is 49.8 Å². The zero-order valence-corrected chi connectivity index (χ0v) is 13.9. The van der Waals surface area contributed by atoms with Crippen molar-refractivity contribution in [1.29, 1.82) is 0 Å². The number of anilines is 1. The summed E-state index contributed by atoms with van der Waals surface area (Å²) in [4.78, 5) is 24.5. The van der Waals surface area contributed by atoms with Crippen LogP contribution >= 0.6 is 0 Å². The van der Waals surface area contributed by atoms with Crippen molar-refractivity contribution in [3.8, 4) is 5.75 Å². The molecule has 0 radical (unpaired) electrons. The second kappa shape index (κ2) is 6.65. The molecule has 1 aromatic heterocycles. The molecule has 3 rings (SSSR count). The van der Waals surface area contributed by atoms with E-state index < -0.39 is 5.91 Å². The maximum Gasteiger partial charge on any atom is 0.248 e. The van der Waals surface area contributed by atoms with Crippen molar-refractivity contribution < 1.29 is 14.3 Å². The Balaban J connectivity index is 1.85. The standard InChI is InChI=1S/C20H17NO4/c1-12-4-7-18-15(9-12)20(24)14(11-25-18)5-8-19(23)21-16-10-13(2)3-6-17(16)22/h3-11,22H,1-2H3,(H,21,23)/b8-5+. The summed E-state index contributed by atoms with van der Waals surface area (Å²) in [7, 11) is 0. The number of nitrogens with one attached hydrogen (secondary N) is 1. The molecule has 0 aliphatic rings. The van der Waals surface area contributed by atoms with E-state index in [-0.39, 0.29) is 16.7 Å². The van der Waals surface area contributed by atoms with E-state index in [0.717, 1.165) is 11.1 Å². The number of aromatic hydroxyl groups is 1. The highest BCUT2D eigenvalue weighted by atomic mass is 16.3. The van der Waals surface area contributed by atoms with E-state index in [4.69, 9.17) is 4.42 Å². The van der Waals surface area contributed by atoms with Crippen LogP contribution < -0.4 is 10.7 Å². The molecule has 2 aromatic carbocycles. The molecule has 2 N–H and O–H groups in total. The number of carbonyl (C=O) groups excluding carboxylic acids is 1. The van der Waals surface area contributed by atoms with Crippen LogP contribution in [-0.2, 0) is 4.79 Å². The summed E-state index contributed by atoms with van der Waals surface area (Å²) in [5.74, 6) is -0.474. The number of phenolic OH excluding ortho intramolecular Hbond substituents is 1. The molecule has 0 fully saturated rings. The van der Waals surface area contributed by atoms with Crippen LogP contribution in [0.1, 0.15) is 16.7 Å². The van der Waals surface area contributed by atoms with E-state index in [1.54, 1.807) is 24.3 Å². The minimum atomic E-state index is -0.454. The molecule has 0 saturated carbocycles. The molecule has 126 valence electrons. The Morgan fingerprint density at radius 3 is 2.64 bits per heavy atom. The third-order valence-corrected chi connectivity index (χ3v) is 3.78. The van der Waals surface area contributed by atoms with E-state index in [1.165, 1.54) is 24.5 Å². The van der Waals surface area contributed by atoms with Crippen molar-refractivity contribution in [3.05, 3.63) is 75.7 Å². The maximum atomic E-state index is 12.5. The Hall–Kier alpha value is -3.34. The van der Waals surface area contributed by atoms with Crippen molar-refractivity contribution in [2.45, 2.75) is 13.8 Å². The Bertz CT molecular complexity index is 1050. The lowest BCUT2D eigenvalue weighted by molar-refractivity contribution is -0.111. The van der Waals surface area contributed by atoms with Crippen molar-refractivity contribution in [3.63, 3.8) is 0 Å². The molecule has 3 aromatic rings. The second-order valence-corrected chi connectivity index (χ2v) is 5.86.